The Kier molecular flexibility index (Phi) is 5.33. The Morgan fingerprint density at radius 2 is 1.69 bits per heavy atom. The third-order valence-corrected chi connectivity index (χ3v) is 5.00. The van der Waals surface area contributed by atoms with Gasteiger partial charge in [0.2, 0.25) is 0 Å². The van der Waals surface area contributed by atoms with Crippen molar-refractivity contribution in [2.75, 3.05) is 0 Å². The molecule has 0 atom stereocenters. The number of nitrogens with zero attached hydrogens (tertiary/aromatic N) is 4. The van der Waals surface area contributed by atoms with Crippen molar-refractivity contribution in [3.63, 3.8) is 0 Å². The Balaban J connectivity index is 1.95. The number of unbranched alkanes of at least 4 members (excludes halogenated alkanes) is 1. The van der Waals surface area contributed by atoms with E-state index < -0.39 is 0 Å². The van der Waals surface area contributed by atoms with E-state index in [-0.39, 0.29) is 5.56 Å². The standard InChI is InChI=1S/C23H23N5O/c1-3-4-9-17-14-16(2)15-22(29)28(17)21-13-8-7-11-19(21)18-10-5-6-12-20(18)23-24-26-27-25-23/h5-8,10-15H,3-4,9H2,1-2H3,(H,24,25,26,27). The molecule has 0 radical (unpaired) electrons. The molecule has 2 heterocycles. The Labute approximate surface area is 169 Å². The molecule has 146 valence electrons. The average molecular weight is 385 g/mol. The van der Waals surface area contributed by atoms with Gasteiger partial charge in [0.15, 0.2) is 5.82 Å². The minimum Gasteiger partial charge on any atom is -0.281 e. The van der Waals surface area contributed by atoms with Crippen molar-refractivity contribution in [1.29, 1.82) is 0 Å². The zero-order valence-corrected chi connectivity index (χ0v) is 16.6. The van der Waals surface area contributed by atoms with Crippen molar-refractivity contribution in [3.05, 3.63) is 82.3 Å². The molecule has 0 aliphatic rings. The molecule has 0 aliphatic carbocycles. The molecule has 0 unspecified atom stereocenters. The van der Waals surface area contributed by atoms with E-state index in [1.54, 1.807) is 6.07 Å². The molecule has 2 aromatic heterocycles. The Morgan fingerprint density at radius 3 is 2.41 bits per heavy atom. The molecule has 0 aliphatic heterocycles. The van der Waals surface area contributed by atoms with Crippen molar-refractivity contribution < 1.29 is 0 Å². The maximum atomic E-state index is 13.0. The third-order valence-electron chi connectivity index (χ3n) is 5.00. The average Bonchev–Trinajstić information content (AvgIpc) is 3.27. The third kappa shape index (κ3) is 3.74. The van der Waals surface area contributed by atoms with Crippen molar-refractivity contribution >= 4 is 0 Å². The first-order chi connectivity index (χ1) is 14.2. The summed E-state index contributed by atoms with van der Waals surface area (Å²) in [7, 11) is 0. The van der Waals surface area contributed by atoms with Crippen LogP contribution in [0.3, 0.4) is 0 Å². The van der Waals surface area contributed by atoms with Crippen molar-refractivity contribution in [2.45, 2.75) is 33.1 Å². The van der Waals surface area contributed by atoms with Gasteiger partial charge in [-0.15, -0.1) is 5.10 Å². The zero-order chi connectivity index (χ0) is 20.2. The SMILES string of the molecule is CCCCc1cc(C)cc(=O)n1-c1ccccc1-c1ccccc1-c1nnn[nH]1. The molecule has 0 fully saturated rings. The number of benzene rings is 2. The van der Waals surface area contributed by atoms with Crippen LogP contribution in [0.15, 0.2) is 65.5 Å². The molecule has 2 aromatic carbocycles. The van der Waals surface area contributed by atoms with Gasteiger partial charge in [0, 0.05) is 22.9 Å². The number of aromatic amines is 1. The number of rotatable bonds is 6. The Bertz CT molecular complexity index is 1180. The van der Waals surface area contributed by atoms with E-state index in [9.17, 15) is 4.79 Å². The van der Waals surface area contributed by atoms with Crippen molar-refractivity contribution in [3.8, 4) is 28.2 Å². The number of hydrogen-bond acceptors (Lipinski definition) is 4. The van der Waals surface area contributed by atoms with Crippen LogP contribution in [0.5, 0.6) is 0 Å². The smallest absolute Gasteiger partial charge is 0.255 e. The number of aryl methyl sites for hydroxylation is 2. The number of tetrazole rings is 1. The van der Waals surface area contributed by atoms with E-state index in [0.717, 1.165) is 52.9 Å². The van der Waals surface area contributed by atoms with Crippen LogP contribution in [0.4, 0.5) is 0 Å². The molecule has 0 bridgehead atoms. The summed E-state index contributed by atoms with van der Waals surface area (Å²) in [5.74, 6) is 0.595. The molecule has 0 spiro atoms. The monoisotopic (exact) mass is 385 g/mol. The first-order valence-electron chi connectivity index (χ1n) is 9.84. The first kappa shape index (κ1) is 18.8. The molecule has 0 saturated carbocycles. The molecule has 1 N–H and O–H groups in total. The van der Waals surface area contributed by atoms with Crippen LogP contribution in [0.2, 0.25) is 0 Å². The normalized spacial score (nSPS) is 11.0. The summed E-state index contributed by atoms with van der Waals surface area (Å²) in [5.41, 5.74) is 5.69. The number of para-hydroxylation sites is 1. The van der Waals surface area contributed by atoms with Gasteiger partial charge in [-0.25, -0.2) is 5.10 Å². The van der Waals surface area contributed by atoms with Gasteiger partial charge in [-0.05, 0) is 53.5 Å². The van der Waals surface area contributed by atoms with Gasteiger partial charge >= 0.3 is 0 Å². The van der Waals surface area contributed by atoms with E-state index in [1.165, 1.54) is 0 Å². The predicted octanol–water partition coefficient (Wildman–Crippen LogP) is 4.34. The summed E-state index contributed by atoms with van der Waals surface area (Å²) in [6.07, 6.45) is 2.96. The largest absolute Gasteiger partial charge is 0.281 e. The molecule has 0 saturated heterocycles. The van der Waals surface area contributed by atoms with Crippen LogP contribution < -0.4 is 5.56 Å². The van der Waals surface area contributed by atoms with Crippen LogP contribution in [0, 0.1) is 6.92 Å². The molecule has 0 amide bonds. The van der Waals surface area contributed by atoms with E-state index in [1.807, 2.05) is 60.0 Å². The Hall–Kier alpha value is -3.54. The lowest BCUT2D eigenvalue weighted by atomic mass is 9.97. The second kappa shape index (κ2) is 8.22. The van der Waals surface area contributed by atoms with Gasteiger partial charge in [0.1, 0.15) is 0 Å². The van der Waals surface area contributed by atoms with E-state index in [4.69, 9.17) is 0 Å². The molecule has 6 heteroatoms. The lowest BCUT2D eigenvalue weighted by molar-refractivity contribution is 0.743. The van der Waals surface area contributed by atoms with Crippen LogP contribution in [0.1, 0.15) is 31.0 Å². The highest BCUT2D eigenvalue weighted by molar-refractivity contribution is 5.84. The summed E-state index contributed by atoms with van der Waals surface area (Å²) >= 11 is 0. The van der Waals surface area contributed by atoms with E-state index >= 15 is 0 Å². The van der Waals surface area contributed by atoms with Crippen LogP contribution in [-0.4, -0.2) is 25.2 Å². The van der Waals surface area contributed by atoms with Crippen LogP contribution >= 0.6 is 0 Å². The highest BCUT2D eigenvalue weighted by Crippen LogP contribution is 2.33. The second-order valence-corrected chi connectivity index (χ2v) is 7.11. The van der Waals surface area contributed by atoms with Gasteiger partial charge in [-0.2, -0.15) is 0 Å². The lowest BCUT2D eigenvalue weighted by Gasteiger charge is -2.18. The van der Waals surface area contributed by atoms with Gasteiger partial charge in [0.05, 0.1) is 5.69 Å². The van der Waals surface area contributed by atoms with Gasteiger partial charge in [-0.3, -0.25) is 9.36 Å². The molecular weight excluding hydrogens is 362 g/mol. The zero-order valence-electron chi connectivity index (χ0n) is 16.6. The summed E-state index contributed by atoms with van der Waals surface area (Å²) in [6, 6.07) is 19.7. The topological polar surface area (TPSA) is 76.5 Å². The molecule has 29 heavy (non-hydrogen) atoms. The predicted molar refractivity (Wildman–Crippen MR) is 114 cm³/mol. The highest BCUT2D eigenvalue weighted by atomic mass is 16.1. The minimum atomic E-state index is -0.0117. The number of nitrogens with one attached hydrogen (secondary N) is 1. The maximum absolute atomic E-state index is 13.0. The van der Waals surface area contributed by atoms with E-state index in [0.29, 0.717) is 5.82 Å². The van der Waals surface area contributed by atoms with E-state index in [2.05, 4.69) is 33.6 Å². The summed E-state index contributed by atoms with van der Waals surface area (Å²) < 4.78 is 1.84. The molecule has 4 aromatic rings. The number of hydrogen-bond donors (Lipinski definition) is 1. The lowest BCUT2D eigenvalue weighted by Crippen LogP contribution is -2.22. The number of H-pyrrole nitrogens is 1. The van der Waals surface area contributed by atoms with Gasteiger partial charge < -0.3 is 0 Å². The quantitative estimate of drug-likeness (QED) is 0.536. The molecular formula is C23H23N5O. The van der Waals surface area contributed by atoms with Crippen molar-refractivity contribution in [2.24, 2.45) is 0 Å². The number of pyridine rings is 1. The van der Waals surface area contributed by atoms with Crippen molar-refractivity contribution in [1.82, 2.24) is 25.2 Å². The highest BCUT2D eigenvalue weighted by Gasteiger charge is 2.16. The van der Waals surface area contributed by atoms with Gasteiger partial charge in [-0.1, -0.05) is 55.8 Å². The minimum absolute atomic E-state index is 0.0117. The van der Waals surface area contributed by atoms with Crippen LogP contribution in [-0.2, 0) is 6.42 Å². The fraction of sp³-hybridized carbons (Fsp3) is 0.217. The fourth-order valence-corrected chi connectivity index (χ4v) is 3.68. The summed E-state index contributed by atoms with van der Waals surface area (Å²) in [4.78, 5) is 13.0. The summed E-state index contributed by atoms with van der Waals surface area (Å²) in [5, 5.41) is 14.3. The summed E-state index contributed by atoms with van der Waals surface area (Å²) in [6.45, 7) is 4.13. The first-order valence-corrected chi connectivity index (χ1v) is 9.84. The molecule has 4 rings (SSSR count). The van der Waals surface area contributed by atoms with Gasteiger partial charge in [0.25, 0.3) is 5.56 Å². The number of aromatic nitrogens is 5. The van der Waals surface area contributed by atoms with Crippen LogP contribution in [0.25, 0.3) is 28.2 Å². The Morgan fingerprint density at radius 1 is 0.966 bits per heavy atom. The second-order valence-electron chi connectivity index (χ2n) is 7.11. The maximum Gasteiger partial charge on any atom is 0.255 e. The molecule has 6 nitrogen and oxygen atoms in total. The fourth-order valence-electron chi connectivity index (χ4n) is 3.68.